The number of carbonyl (C=O) groups excluding carboxylic acids is 2. The molecule has 6 heteroatoms. The minimum absolute atomic E-state index is 0.0772. The lowest BCUT2D eigenvalue weighted by Gasteiger charge is -2.18. The summed E-state index contributed by atoms with van der Waals surface area (Å²) in [5.41, 5.74) is 5.93. The Morgan fingerprint density at radius 2 is 1.61 bits per heavy atom. The quantitative estimate of drug-likeness (QED) is 0.362. The third kappa shape index (κ3) is 6.12. The molecule has 2 N–H and O–H groups in total. The highest BCUT2D eigenvalue weighted by atomic mass is 79.9. The highest BCUT2D eigenvalue weighted by Crippen LogP contribution is 2.22. The first-order valence-corrected chi connectivity index (χ1v) is 10.6. The van der Waals surface area contributed by atoms with Gasteiger partial charge in [-0.3, -0.25) is 9.59 Å². The van der Waals surface area contributed by atoms with Crippen LogP contribution >= 0.6 is 15.9 Å². The van der Waals surface area contributed by atoms with E-state index < -0.39 is 5.91 Å². The second-order valence-corrected chi connectivity index (χ2v) is 9.00. The number of anilines is 1. The Kier molecular flexibility index (Phi) is 7.02. The van der Waals surface area contributed by atoms with Crippen LogP contribution < -0.4 is 10.7 Å². The summed E-state index contributed by atoms with van der Waals surface area (Å²) < 4.78 is 0.802. The van der Waals surface area contributed by atoms with Crippen molar-refractivity contribution in [3.05, 3.63) is 99.5 Å². The van der Waals surface area contributed by atoms with E-state index in [4.69, 9.17) is 0 Å². The van der Waals surface area contributed by atoms with Crippen LogP contribution in [0.1, 0.15) is 52.6 Å². The second-order valence-electron chi connectivity index (χ2n) is 8.08. The molecule has 0 unspecified atom stereocenters. The molecule has 3 aromatic carbocycles. The first kappa shape index (κ1) is 22.4. The third-order valence-electron chi connectivity index (χ3n) is 4.66. The van der Waals surface area contributed by atoms with E-state index in [1.807, 2.05) is 18.2 Å². The van der Waals surface area contributed by atoms with Gasteiger partial charge < -0.3 is 5.32 Å². The normalized spacial score (nSPS) is 11.4. The zero-order valence-electron chi connectivity index (χ0n) is 17.6. The zero-order chi connectivity index (χ0) is 22.4. The van der Waals surface area contributed by atoms with Crippen molar-refractivity contribution in [1.29, 1.82) is 0 Å². The number of nitrogens with one attached hydrogen (secondary N) is 2. The van der Waals surface area contributed by atoms with E-state index in [0.717, 1.165) is 10.0 Å². The predicted molar refractivity (Wildman–Crippen MR) is 129 cm³/mol. The molecule has 5 nitrogen and oxygen atoms in total. The predicted octanol–water partition coefficient (Wildman–Crippen LogP) is 5.76. The molecule has 0 radical (unpaired) electrons. The molecular formula is C25H24BrN3O2. The summed E-state index contributed by atoms with van der Waals surface area (Å²) in [6.07, 6.45) is 1.59. The van der Waals surface area contributed by atoms with E-state index >= 15 is 0 Å². The van der Waals surface area contributed by atoms with Crippen molar-refractivity contribution in [2.75, 3.05) is 5.32 Å². The maximum Gasteiger partial charge on any atom is 0.273 e. The van der Waals surface area contributed by atoms with Crippen LogP contribution in [0.5, 0.6) is 0 Å². The van der Waals surface area contributed by atoms with Gasteiger partial charge in [0.25, 0.3) is 11.8 Å². The number of hydrazone groups is 1. The van der Waals surface area contributed by atoms with Crippen LogP contribution in [0.15, 0.2) is 82.4 Å². The molecule has 0 saturated heterocycles. The average Bonchev–Trinajstić information content (AvgIpc) is 2.74. The molecule has 0 aliphatic rings. The summed E-state index contributed by atoms with van der Waals surface area (Å²) in [7, 11) is 0. The Labute approximate surface area is 190 Å². The largest absolute Gasteiger partial charge is 0.321 e. The Hall–Kier alpha value is -3.25. The van der Waals surface area contributed by atoms with E-state index in [1.54, 1.807) is 48.7 Å². The van der Waals surface area contributed by atoms with Crippen molar-refractivity contribution in [2.45, 2.75) is 26.2 Å². The number of carbonyl (C=O) groups is 2. The molecule has 0 aromatic heterocycles. The van der Waals surface area contributed by atoms with Gasteiger partial charge in [0.2, 0.25) is 0 Å². The average molecular weight is 478 g/mol. The number of hydrogen-bond acceptors (Lipinski definition) is 3. The number of hydrogen-bond donors (Lipinski definition) is 2. The lowest BCUT2D eigenvalue weighted by Crippen LogP contribution is -2.21. The fraction of sp³-hybridized carbons (Fsp3) is 0.160. The second kappa shape index (κ2) is 9.71. The summed E-state index contributed by atoms with van der Waals surface area (Å²) in [5.74, 6) is -0.711. The Bertz CT molecular complexity index is 1120. The van der Waals surface area contributed by atoms with Gasteiger partial charge in [0.1, 0.15) is 0 Å². The van der Waals surface area contributed by atoms with Gasteiger partial charge >= 0.3 is 0 Å². The minimum atomic E-state index is -0.410. The number of halogens is 1. The highest BCUT2D eigenvalue weighted by molar-refractivity contribution is 9.10. The maximum absolute atomic E-state index is 12.6. The highest BCUT2D eigenvalue weighted by Gasteiger charge is 2.14. The van der Waals surface area contributed by atoms with E-state index in [0.29, 0.717) is 16.8 Å². The smallest absolute Gasteiger partial charge is 0.273 e. The first-order valence-electron chi connectivity index (χ1n) is 9.84. The minimum Gasteiger partial charge on any atom is -0.321 e. The molecule has 0 aliphatic heterocycles. The van der Waals surface area contributed by atoms with Crippen molar-refractivity contribution in [3.8, 4) is 0 Å². The summed E-state index contributed by atoms with van der Waals surface area (Å²) in [4.78, 5) is 25.2. The summed E-state index contributed by atoms with van der Waals surface area (Å²) >= 11 is 3.35. The fourth-order valence-electron chi connectivity index (χ4n) is 2.91. The van der Waals surface area contributed by atoms with Gasteiger partial charge in [-0.05, 0) is 46.9 Å². The van der Waals surface area contributed by atoms with Crippen molar-refractivity contribution in [1.82, 2.24) is 5.43 Å². The van der Waals surface area contributed by atoms with Gasteiger partial charge in [-0.15, -0.1) is 0 Å². The molecule has 0 aliphatic carbocycles. The molecule has 0 saturated carbocycles. The Morgan fingerprint density at radius 3 is 2.29 bits per heavy atom. The lowest BCUT2D eigenvalue weighted by atomic mass is 9.87. The number of rotatable bonds is 5. The van der Waals surface area contributed by atoms with Crippen molar-refractivity contribution in [2.24, 2.45) is 5.10 Å². The maximum atomic E-state index is 12.6. The SMILES string of the molecule is CC(C)(C)c1ccc(/C=N\NC(=O)c2ccccc2NC(=O)c2cccc(Br)c2)cc1. The number of benzene rings is 3. The summed E-state index contributed by atoms with van der Waals surface area (Å²) in [6.45, 7) is 6.47. The van der Waals surface area contributed by atoms with Gasteiger partial charge in [-0.1, -0.05) is 79.2 Å². The van der Waals surface area contributed by atoms with Crippen molar-refractivity contribution < 1.29 is 9.59 Å². The van der Waals surface area contributed by atoms with Crippen LogP contribution in [0, 0.1) is 0 Å². The molecule has 0 atom stereocenters. The standard InChI is InChI=1S/C25H24BrN3O2/c1-25(2,3)19-13-11-17(12-14-19)16-27-29-24(31)21-9-4-5-10-22(21)28-23(30)18-7-6-8-20(26)15-18/h4-16H,1-3H3,(H,28,30)(H,29,31)/b27-16-. The third-order valence-corrected chi connectivity index (χ3v) is 5.16. The van der Waals surface area contributed by atoms with Gasteiger partial charge in [-0.2, -0.15) is 5.10 Å². The molecule has 158 valence electrons. The topological polar surface area (TPSA) is 70.6 Å². The molecule has 0 fully saturated rings. The molecule has 31 heavy (non-hydrogen) atoms. The number of para-hydroxylation sites is 1. The van der Waals surface area contributed by atoms with E-state index in [1.165, 1.54) is 5.56 Å². The summed E-state index contributed by atoms with van der Waals surface area (Å²) in [6, 6.07) is 21.9. The Balaban J connectivity index is 1.68. The molecule has 0 spiro atoms. The molecule has 0 heterocycles. The lowest BCUT2D eigenvalue weighted by molar-refractivity contribution is 0.0956. The van der Waals surface area contributed by atoms with E-state index in [9.17, 15) is 9.59 Å². The fourth-order valence-corrected chi connectivity index (χ4v) is 3.31. The van der Waals surface area contributed by atoms with Gasteiger partial charge in [0.05, 0.1) is 17.5 Å². The first-order chi connectivity index (χ1) is 14.7. The molecule has 3 rings (SSSR count). The number of amides is 2. The molecule has 2 amide bonds. The Morgan fingerprint density at radius 1 is 0.903 bits per heavy atom. The van der Waals surface area contributed by atoms with Crippen molar-refractivity contribution >= 4 is 39.6 Å². The van der Waals surface area contributed by atoms with Crippen LogP contribution in [0.2, 0.25) is 0 Å². The van der Waals surface area contributed by atoms with Crippen LogP contribution in [0.4, 0.5) is 5.69 Å². The molecule has 3 aromatic rings. The van der Waals surface area contributed by atoms with Crippen LogP contribution in [-0.4, -0.2) is 18.0 Å². The van der Waals surface area contributed by atoms with E-state index in [-0.39, 0.29) is 11.3 Å². The summed E-state index contributed by atoms with van der Waals surface area (Å²) in [5, 5.41) is 6.85. The monoisotopic (exact) mass is 477 g/mol. The van der Waals surface area contributed by atoms with Gasteiger partial charge in [0.15, 0.2) is 0 Å². The zero-order valence-corrected chi connectivity index (χ0v) is 19.2. The van der Waals surface area contributed by atoms with Crippen LogP contribution in [-0.2, 0) is 5.41 Å². The van der Waals surface area contributed by atoms with Gasteiger partial charge in [-0.25, -0.2) is 5.43 Å². The van der Waals surface area contributed by atoms with Crippen LogP contribution in [0.3, 0.4) is 0 Å². The van der Waals surface area contributed by atoms with Crippen molar-refractivity contribution in [3.63, 3.8) is 0 Å². The van der Waals surface area contributed by atoms with E-state index in [2.05, 4.69) is 64.7 Å². The van der Waals surface area contributed by atoms with Crippen LogP contribution in [0.25, 0.3) is 0 Å². The van der Waals surface area contributed by atoms with Gasteiger partial charge in [0, 0.05) is 10.0 Å². The molecular weight excluding hydrogens is 454 g/mol. The molecule has 0 bridgehead atoms. The number of nitrogens with zero attached hydrogens (tertiary/aromatic N) is 1.